The minimum Gasteiger partial charge on any atom is -0.352 e. The predicted octanol–water partition coefficient (Wildman–Crippen LogP) is 5.90. The highest BCUT2D eigenvalue weighted by Crippen LogP contribution is 2.38. The van der Waals surface area contributed by atoms with E-state index >= 15 is 0 Å². The van der Waals surface area contributed by atoms with Crippen LogP contribution in [0.3, 0.4) is 0 Å². The highest BCUT2D eigenvalue weighted by atomic mass is 16.2. The first-order valence-electron chi connectivity index (χ1n) is 14.3. The first kappa shape index (κ1) is 26.9. The first-order valence-corrected chi connectivity index (χ1v) is 14.3. The number of H-pyrrole nitrogens is 1. The Bertz CT molecular complexity index is 1600. The summed E-state index contributed by atoms with van der Waals surface area (Å²) in [5.74, 6) is -0.610. The lowest BCUT2D eigenvalue weighted by atomic mass is 9.76. The summed E-state index contributed by atoms with van der Waals surface area (Å²) >= 11 is 0. The Morgan fingerprint density at radius 1 is 0.951 bits per heavy atom. The molecule has 2 saturated heterocycles. The van der Waals surface area contributed by atoms with E-state index in [1.54, 1.807) is 12.3 Å². The van der Waals surface area contributed by atoms with E-state index in [0.29, 0.717) is 24.5 Å². The molecule has 0 aliphatic carbocycles. The second kappa shape index (κ2) is 10.3. The van der Waals surface area contributed by atoms with Crippen molar-refractivity contribution in [2.75, 3.05) is 13.1 Å². The van der Waals surface area contributed by atoms with Crippen molar-refractivity contribution in [1.82, 2.24) is 19.8 Å². The van der Waals surface area contributed by atoms with E-state index in [-0.39, 0.29) is 36.1 Å². The molecule has 1 N–H and O–H groups in total. The normalized spacial score (nSPS) is 19.1. The molecule has 4 aromatic rings. The molecular weight excluding hydrogens is 512 g/mol. The van der Waals surface area contributed by atoms with Crippen LogP contribution in [0.5, 0.6) is 0 Å². The van der Waals surface area contributed by atoms with Gasteiger partial charge < -0.3 is 14.8 Å². The van der Waals surface area contributed by atoms with Crippen molar-refractivity contribution < 1.29 is 14.4 Å². The predicted molar refractivity (Wildman–Crippen MR) is 160 cm³/mol. The van der Waals surface area contributed by atoms with Gasteiger partial charge in [0.25, 0.3) is 5.91 Å². The van der Waals surface area contributed by atoms with Gasteiger partial charge in [0.2, 0.25) is 5.91 Å². The number of nitrogens with zero attached hydrogens (tertiary/aromatic N) is 3. The van der Waals surface area contributed by atoms with Gasteiger partial charge in [-0.15, -0.1) is 0 Å². The molecule has 0 unspecified atom stereocenters. The summed E-state index contributed by atoms with van der Waals surface area (Å²) in [5.41, 5.74) is 4.72. The number of likely N-dealkylation sites (tertiary alicyclic amines) is 2. The smallest absolute Gasteiger partial charge is 0.272 e. The molecule has 4 heterocycles. The van der Waals surface area contributed by atoms with Gasteiger partial charge in [0.05, 0.1) is 23.7 Å². The topological polar surface area (TPSA) is 86.4 Å². The van der Waals surface area contributed by atoms with Crippen molar-refractivity contribution in [3.05, 3.63) is 89.9 Å². The summed E-state index contributed by atoms with van der Waals surface area (Å²) < 4.78 is 0. The van der Waals surface area contributed by atoms with E-state index in [2.05, 4.69) is 29.0 Å². The zero-order valence-corrected chi connectivity index (χ0v) is 24.1. The Labute approximate surface area is 240 Å². The molecule has 6 rings (SSSR count). The Kier molecular flexibility index (Phi) is 6.76. The molecule has 2 aliphatic rings. The molecule has 0 spiro atoms. The zero-order valence-electron chi connectivity index (χ0n) is 24.1. The molecule has 2 aromatic heterocycles. The fourth-order valence-electron chi connectivity index (χ4n) is 6.39. The monoisotopic (exact) mass is 548 g/mol. The van der Waals surface area contributed by atoms with Crippen molar-refractivity contribution >= 4 is 28.5 Å². The maximum absolute atomic E-state index is 13.9. The standard InChI is InChI=1S/C34H36N4O3/c1-21-9-5-7-11-26(21)23-13-14-29(35-18-23)33(41)38-20-24-16-25(38)19-37(24)32(40)27(34(2,3)4)17-31(39)30-15-22-10-6-8-12-28(22)36-30/h5-15,18,24-25,27,36H,16-17,19-20H2,1-4H3/t24-,25-,27+/m0/s1. The van der Waals surface area contributed by atoms with Crippen molar-refractivity contribution in [3.63, 3.8) is 0 Å². The number of hydrogen-bond acceptors (Lipinski definition) is 4. The summed E-state index contributed by atoms with van der Waals surface area (Å²) in [4.78, 5) is 52.1. The van der Waals surface area contributed by atoms with Crippen LogP contribution in [0.4, 0.5) is 0 Å². The third kappa shape index (κ3) is 5.05. The van der Waals surface area contributed by atoms with Crippen molar-refractivity contribution in [1.29, 1.82) is 0 Å². The van der Waals surface area contributed by atoms with Gasteiger partial charge in [0, 0.05) is 42.2 Å². The van der Waals surface area contributed by atoms with E-state index in [1.807, 2.05) is 79.1 Å². The van der Waals surface area contributed by atoms with Crippen molar-refractivity contribution in [2.24, 2.45) is 11.3 Å². The van der Waals surface area contributed by atoms with Crippen LogP contribution < -0.4 is 0 Å². The summed E-state index contributed by atoms with van der Waals surface area (Å²) in [5, 5.41) is 0.982. The number of piperazine rings is 1. The van der Waals surface area contributed by atoms with Gasteiger partial charge in [0.15, 0.2) is 5.78 Å². The number of pyridine rings is 1. The maximum Gasteiger partial charge on any atom is 0.272 e. The van der Waals surface area contributed by atoms with E-state index in [4.69, 9.17) is 0 Å². The van der Waals surface area contributed by atoms with Crippen LogP contribution in [-0.2, 0) is 4.79 Å². The van der Waals surface area contributed by atoms with Crippen molar-refractivity contribution in [3.8, 4) is 11.1 Å². The lowest BCUT2D eigenvalue weighted by Crippen LogP contribution is -2.53. The summed E-state index contributed by atoms with van der Waals surface area (Å²) in [6.07, 6.45) is 2.66. The second-order valence-electron chi connectivity index (χ2n) is 12.6. The molecule has 3 atom stereocenters. The molecule has 0 saturated carbocycles. The number of aromatic amines is 1. The van der Waals surface area contributed by atoms with E-state index < -0.39 is 11.3 Å². The van der Waals surface area contributed by atoms with Crippen molar-refractivity contribution in [2.45, 2.75) is 52.6 Å². The Morgan fingerprint density at radius 3 is 2.32 bits per heavy atom. The summed E-state index contributed by atoms with van der Waals surface area (Å²) in [7, 11) is 0. The Morgan fingerprint density at radius 2 is 1.66 bits per heavy atom. The van der Waals surface area contributed by atoms with Gasteiger partial charge in [-0.1, -0.05) is 69.3 Å². The minimum atomic E-state index is -0.458. The van der Waals surface area contributed by atoms with Gasteiger partial charge in [-0.25, -0.2) is 0 Å². The molecular formula is C34H36N4O3. The van der Waals surface area contributed by atoms with Crippen LogP contribution in [0.1, 0.15) is 60.2 Å². The van der Waals surface area contributed by atoms with E-state index in [9.17, 15) is 14.4 Å². The number of nitrogens with one attached hydrogen (secondary N) is 1. The van der Waals surface area contributed by atoms with Crippen LogP contribution in [0.25, 0.3) is 22.0 Å². The average Bonchev–Trinajstić information content (AvgIpc) is 3.69. The fourth-order valence-corrected chi connectivity index (χ4v) is 6.39. The number of benzene rings is 2. The molecule has 2 aromatic carbocycles. The van der Waals surface area contributed by atoms with E-state index in [1.165, 1.54) is 0 Å². The largest absolute Gasteiger partial charge is 0.352 e. The highest BCUT2D eigenvalue weighted by molar-refractivity contribution is 6.01. The number of aromatic nitrogens is 2. The number of amides is 2. The SMILES string of the molecule is Cc1ccccc1-c1ccc(C(=O)N2C[C@@H]3C[C@H]2CN3C(=O)[C@@H](CC(=O)c2cc3ccccc3[nH]2)C(C)(C)C)nc1. The molecule has 2 fully saturated rings. The number of ketones is 1. The molecule has 41 heavy (non-hydrogen) atoms. The fraction of sp³-hybridized carbons (Fsp3) is 0.353. The van der Waals surface area contributed by atoms with Crippen LogP contribution in [-0.4, -0.2) is 62.5 Å². The molecule has 2 bridgehead atoms. The molecule has 2 amide bonds. The van der Waals surface area contributed by atoms with Crippen LogP contribution in [0, 0.1) is 18.3 Å². The third-order valence-electron chi connectivity index (χ3n) is 8.79. The number of fused-ring (bicyclic) bond motifs is 3. The van der Waals surface area contributed by atoms with E-state index in [0.717, 1.165) is 34.0 Å². The number of carbonyl (C=O) groups is 3. The Hall–Kier alpha value is -4.26. The Balaban J connectivity index is 1.13. The second-order valence-corrected chi connectivity index (χ2v) is 12.6. The third-order valence-corrected chi connectivity index (χ3v) is 8.79. The van der Waals surface area contributed by atoms with Gasteiger partial charge >= 0.3 is 0 Å². The van der Waals surface area contributed by atoms with Crippen LogP contribution in [0.2, 0.25) is 0 Å². The molecule has 0 radical (unpaired) electrons. The lowest BCUT2D eigenvalue weighted by molar-refractivity contribution is -0.141. The van der Waals surface area contributed by atoms with Gasteiger partial charge in [0.1, 0.15) is 5.69 Å². The number of Topliss-reactive ketones (excluding diaryl/α,β-unsaturated/α-hetero) is 1. The molecule has 210 valence electrons. The zero-order chi connectivity index (χ0) is 28.9. The molecule has 7 heteroatoms. The maximum atomic E-state index is 13.9. The molecule has 7 nitrogen and oxygen atoms in total. The summed E-state index contributed by atoms with van der Waals surface area (Å²) in [6.45, 7) is 9.09. The van der Waals surface area contributed by atoms with Gasteiger partial charge in [-0.3, -0.25) is 19.4 Å². The first-order chi connectivity index (χ1) is 19.6. The minimum absolute atomic E-state index is 0.00210. The number of rotatable bonds is 6. The number of carbonyl (C=O) groups excluding carboxylic acids is 3. The average molecular weight is 549 g/mol. The molecule has 2 aliphatic heterocycles. The van der Waals surface area contributed by atoms with Gasteiger partial charge in [-0.2, -0.15) is 0 Å². The number of hydrogen-bond donors (Lipinski definition) is 1. The van der Waals surface area contributed by atoms with Gasteiger partial charge in [-0.05, 0) is 48.1 Å². The van der Waals surface area contributed by atoms with Crippen LogP contribution >= 0.6 is 0 Å². The quantitative estimate of drug-likeness (QED) is 0.304. The highest BCUT2D eigenvalue weighted by Gasteiger charge is 2.50. The number of para-hydroxylation sites is 1. The summed E-state index contributed by atoms with van der Waals surface area (Å²) in [6, 6.07) is 21.4. The lowest BCUT2D eigenvalue weighted by Gasteiger charge is -2.39. The van der Waals surface area contributed by atoms with Crippen LogP contribution in [0.15, 0.2) is 72.9 Å². The number of aryl methyl sites for hydroxylation is 1.